The molecule has 1 aromatic heterocycles. The predicted molar refractivity (Wildman–Crippen MR) is 96.0 cm³/mol. The van der Waals surface area contributed by atoms with Crippen molar-refractivity contribution < 1.29 is 4.79 Å². The van der Waals surface area contributed by atoms with Gasteiger partial charge in [0.1, 0.15) is 5.78 Å². The summed E-state index contributed by atoms with van der Waals surface area (Å²) in [5.41, 5.74) is 7.50. The van der Waals surface area contributed by atoms with Gasteiger partial charge in [0.05, 0.1) is 0 Å². The molecule has 1 fully saturated rings. The van der Waals surface area contributed by atoms with Crippen LogP contribution >= 0.6 is 11.3 Å². The van der Waals surface area contributed by atoms with E-state index in [0.29, 0.717) is 11.7 Å². The van der Waals surface area contributed by atoms with Gasteiger partial charge in [-0.2, -0.15) is 0 Å². The van der Waals surface area contributed by atoms with E-state index in [1.165, 1.54) is 4.88 Å². The van der Waals surface area contributed by atoms with E-state index in [2.05, 4.69) is 36.3 Å². The van der Waals surface area contributed by atoms with Gasteiger partial charge in [-0.15, -0.1) is 11.3 Å². The first-order chi connectivity index (χ1) is 10.4. The zero-order chi connectivity index (χ0) is 16.3. The van der Waals surface area contributed by atoms with Crippen LogP contribution in [0.1, 0.15) is 38.5 Å². The first-order valence-corrected chi connectivity index (χ1v) is 9.00. The number of allylic oxidation sites excluding steroid dienone is 1. The lowest BCUT2D eigenvalue weighted by molar-refractivity contribution is -0.122. The summed E-state index contributed by atoms with van der Waals surface area (Å²) < 4.78 is 0. The van der Waals surface area contributed by atoms with Crippen LogP contribution < -0.4 is 11.0 Å². The third-order valence-corrected chi connectivity index (χ3v) is 6.08. The van der Waals surface area contributed by atoms with Crippen molar-refractivity contribution in [1.29, 1.82) is 0 Å². The first-order valence-electron chi connectivity index (χ1n) is 8.13. The number of hydrogen-bond donors (Lipinski definition) is 2. The molecule has 120 valence electrons. The highest BCUT2D eigenvalue weighted by Crippen LogP contribution is 2.37. The van der Waals surface area contributed by atoms with Gasteiger partial charge in [-0.25, -0.2) is 0 Å². The Bertz CT molecular complexity index is 517. The van der Waals surface area contributed by atoms with Crippen molar-refractivity contribution in [2.75, 3.05) is 0 Å². The lowest BCUT2D eigenvalue weighted by atomic mass is 9.39. The average Bonchev–Trinajstić information content (AvgIpc) is 2.96. The second kappa shape index (κ2) is 7.47. The van der Waals surface area contributed by atoms with Crippen molar-refractivity contribution in [2.24, 2.45) is 17.5 Å². The molecule has 22 heavy (non-hydrogen) atoms. The summed E-state index contributed by atoms with van der Waals surface area (Å²) in [6.07, 6.45) is 2.93. The molecule has 1 saturated heterocycles. The largest absolute Gasteiger partial charge is 0.391 e. The Balaban J connectivity index is 1.91. The van der Waals surface area contributed by atoms with E-state index in [1.54, 1.807) is 18.3 Å². The monoisotopic (exact) mass is 318 g/mol. The third-order valence-electron chi connectivity index (χ3n) is 5.20. The fourth-order valence-corrected chi connectivity index (χ4v) is 4.34. The highest BCUT2D eigenvalue weighted by atomic mass is 32.1. The molecule has 0 aliphatic carbocycles. The molecule has 2 heterocycles. The van der Waals surface area contributed by atoms with E-state index >= 15 is 0 Å². The molecule has 5 heteroatoms. The van der Waals surface area contributed by atoms with E-state index in [0.717, 1.165) is 25.0 Å². The highest BCUT2D eigenvalue weighted by Gasteiger charge is 2.40. The van der Waals surface area contributed by atoms with Crippen LogP contribution in [0.5, 0.6) is 0 Å². The van der Waals surface area contributed by atoms with Crippen LogP contribution in [-0.4, -0.2) is 18.6 Å². The first kappa shape index (κ1) is 17.3. The number of nitrogens with two attached hydrogens (primary N) is 1. The standard InChI is InChI=1S/C17H27BN2OS/c1-11(10-15-6-5-9-22-15)20-17-8-7-16(12(2)14(4)21)13(3)18(17)19/h5-6,9,12-13,16-17,20H,1,7-8,10,19H2,2-4H3/t12-,13?,16?,17-/m0/s1. The Morgan fingerprint density at radius 2 is 2.32 bits per heavy atom. The van der Waals surface area contributed by atoms with Gasteiger partial charge in [0.15, 0.2) is 0 Å². The van der Waals surface area contributed by atoms with Crippen LogP contribution in [0.15, 0.2) is 29.8 Å². The van der Waals surface area contributed by atoms with E-state index in [1.807, 2.05) is 6.92 Å². The smallest absolute Gasteiger partial charge is 0.244 e. The summed E-state index contributed by atoms with van der Waals surface area (Å²) in [5, 5.41) is 5.62. The van der Waals surface area contributed by atoms with E-state index in [-0.39, 0.29) is 24.5 Å². The number of Topliss-reactive ketones (excluding diaryl/α,β-unsaturated/α-hetero) is 1. The van der Waals surface area contributed by atoms with Crippen LogP contribution in [0.3, 0.4) is 0 Å². The van der Waals surface area contributed by atoms with Gasteiger partial charge in [-0.3, -0.25) is 4.79 Å². The van der Waals surface area contributed by atoms with E-state index < -0.39 is 0 Å². The van der Waals surface area contributed by atoms with Crippen LogP contribution in [0.25, 0.3) is 0 Å². The van der Waals surface area contributed by atoms with Crippen LogP contribution in [0, 0.1) is 11.8 Å². The van der Waals surface area contributed by atoms with Gasteiger partial charge >= 0.3 is 0 Å². The van der Waals surface area contributed by atoms with Crippen molar-refractivity contribution in [3.8, 4) is 0 Å². The number of carbonyl (C=O) groups excluding carboxylic acids is 1. The molecule has 3 nitrogen and oxygen atoms in total. The van der Waals surface area contributed by atoms with Gasteiger partial charge in [0.25, 0.3) is 0 Å². The molecule has 0 spiro atoms. The van der Waals surface area contributed by atoms with Crippen molar-refractivity contribution in [2.45, 2.75) is 51.8 Å². The summed E-state index contributed by atoms with van der Waals surface area (Å²) in [6, 6.07) is 4.20. The van der Waals surface area contributed by atoms with Gasteiger partial charge in [0.2, 0.25) is 6.85 Å². The molecule has 0 aromatic carbocycles. The van der Waals surface area contributed by atoms with Crippen LogP contribution in [-0.2, 0) is 11.2 Å². The maximum atomic E-state index is 11.7. The Labute approximate surface area is 138 Å². The Hall–Kier alpha value is -1.07. The van der Waals surface area contributed by atoms with Gasteiger partial charge in [-0.05, 0) is 42.9 Å². The quantitative estimate of drug-likeness (QED) is 0.792. The zero-order valence-corrected chi connectivity index (χ0v) is 14.7. The maximum absolute atomic E-state index is 11.7. The molecule has 1 aliphatic rings. The molecule has 1 aromatic rings. The van der Waals surface area contributed by atoms with Gasteiger partial charge in [0, 0.05) is 28.9 Å². The number of nitrogens with one attached hydrogen (secondary N) is 1. The molecule has 0 radical (unpaired) electrons. The van der Waals surface area contributed by atoms with Gasteiger partial charge < -0.3 is 11.0 Å². The molecule has 0 saturated carbocycles. The molecule has 3 N–H and O–H groups in total. The second-order valence-corrected chi connectivity index (χ2v) is 7.72. The average molecular weight is 318 g/mol. The second-order valence-electron chi connectivity index (χ2n) is 6.69. The lowest BCUT2D eigenvalue weighted by Crippen LogP contribution is -2.56. The predicted octanol–water partition coefficient (Wildman–Crippen LogP) is 3.28. The fourth-order valence-electron chi connectivity index (χ4n) is 3.59. The summed E-state index contributed by atoms with van der Waals surface area (Å²) in [4.78, 5) is 13.0. The number of thiophene rings is 1. The summed E-state index contributed by atoms with van der Waals surface area (Å²) in [7, 11) is 0. The van der Waals surface area contributed by atoms with Crippen molar-refractivity contribution in [3.05, 3.63) is 34.7 Å². The van der Waals surface area contributed by atoms with E-state index in [4.69, 9.17) is 5.64 Å². The zero-order valence-electron chi connectivity index (χ0n) is 13.8. The summed E-state index contributed by atoms with van der Waals surface area (Å²) >= 11 is 1.75. The van der Waals surface area contributed by atoms with Crippen molar-refractivity contribution in [1.82, 2.24) is 5.32 Å². The Morgan fingerprint density at radius 3 is 2.91 bits per heavy atom. The minimum Gasteiger partial charge on any atom is -0.391 e. The number of ketones is 1. The molecule has 0 amide bonds. The van der Waals surface area contributed by atoms with E-state index in [9.17, 15) is 4.79 Å². The van der Waals surface area contributed by atoms with Crippen molar-refractivity contribution in [3.63, 3.8) is 0 Å². The summed E-state index contributed by atoms with van der Waals surface area (Å²) in [6.45, 7) is 10.1. The Kier molecular flexibility index (Phi) is 5.87. The molecule has 2 unspecified atom stereocenters. The molecule has 1 aliphatic heterocycles. The van der Waals surface area contributed by atoms with Crippen molar-refractivity contribution >= 4 is 24.0 Å². The Morgan fingerprint density at radius 1 is 1.59 bits per heavy atom. The normalized spacial score (nSPS) is 26.5. The molecule has 0 bridgehead atoms. The number of hydrogen-bond acceptors (Lipinski definition) is 4. The highest BCUT2D eigenvalue weighted by molar-refractivity contribution is 7.09. The minimum atomic E-state index is 0.0700. The SMILES string of the molecule is C=C(Cc1cccs1)N[C@H]1CCC([C@@H](C)C(C)=O)C(C)B1N. The molecule has 2 rings (SSSR count). The minimum absolute atomic E-state index is 0.0700. The maximum Gasteiger partial charge on any atom is 0.244 e. The fraction of sp³-hybridized carbons (Fsp3) is 0.588. The van der Waals surface area contributed by atoms with Crippen LogP contribution in [0.2, 0.25) is 5.82 Å². The number of rotatable bonds is 6. The van der Waals surface area contributed by atoms with Gasteiger partial charge in [-0.1, -0.05) is 26.5 Å². The molecule has 4 atom stereocenters. The summed E-state index contributed by atoms with van der Waals surface area (Å²) in [5.74, 6) is 1.39. The molecular formula is C17H27BN2OS. The lowest BCUT2D eigenvalue weighted by Gasteiger charge is -2.40. The molecular weight excluding hydrogens is 291 g/mol. The van der Waals surface area contributed by atoms with Crippen LogP contribution in [0.4, 0.5) is 0 Å². The third kappa shape index (κ3) is 4.02. The number of carbonyl (C=O) groups is 1. The topological polar surface area (TPSA) is 55.1 Å².